The number of pyridine rings is 1. The first kappa shape index (κ1) is 20.5. The number of carbonyl (C=O) groups is 2. The van der Waals surface area contributed by atoms with E-state index in [1.807, 2.05) is 6.07 Å². The topological polar surface area (TPSA) is 119 Å². The van der Waals surface area contributed by atoms with Gasteiger partial charge in [0.15, 0.2) is 12.4 Å². The second-order valence-corrected chi connectivity index (χ2v) is 5.73. The average Bonchev–Trinajstić information content (AvgIpc) is 2.67. The van der Waals surface area contributed by atoms with Crippen LogP contribution >= 0.6 is 0 Å². The van der Waals surface area contributed by atoms with Gasteiger partial charge in [-0.05, 0) is 30.7 Å². The fourth-order valence-corrected chi connectivity index (χ4v) is 2.45. The van der Waals surface area contributed by atoms with Crippen molar-refractivity contribution in [2.45, 2.75) is 13.5 Å². The molecule has 1 aromatic carbocycles. The van der Waals surface area contributed by atoms with E-state index in [0.717, 1.165) is 10.6 Å². The number of aryl methyl sites for hydroxylation is 1. The summed E-state index contributed by atoms with van der Waals surface area (Å²) in [4.78, 5) is 36.6. The quantitative estimate of drug-likeness (QED) is 0.441. The molecule has 0 saturated heterocycles. The van der Waals surface area contributed by atoms with E-state index in [1.165, 1.54) is 26.2 Å². The fraction of sp³-hybridized carbons (Fsp3) is 0.200. The number of ether oxygens (including phenoxy) is 2. The van der Waals surface area contributed by atoms with Crippen LogP contribution in [0.15, 0.2) is 41.2 Å². The summed E-state index contributed by atoms with van der Waals surface area (Å²) in [5, 5.41) is 18.6. The second-order valence-electron chi connectivity index (χ2n) is 5.73. The van der Waals surface area contributed by atoms with Gasteiger partial charge in [0.1, 0.15) is 29.7 Å². The Bertz CT molecular complexity index is 1030. The molecule has 1 heterocycles. The van der Waals surface area contributed by atoms with E-state index < -0.39 is 28.6 Å². The highest BCUT2D eigenvalue weighted by Crippen LogP contribution is 2.18. The predicted octanol–water partition coefficient (Wildman–Crippen LogP) is 1.83. The lowest BCUT2D eigenvalue weighted by Crippen LogP contribution is -2.30. The van der Waals surface area contributed by atoms with Gasteiger partial charge < -0.3 is 19.1 Å². The number of aromatic hydroxyl groups is 1. The zero-order valence-corrected chi connectivity index (χ0v) is 15.3. The Kier molecular flexibility index (Phi) is 6.71. The molecule has 0 spiro atoms. The van der Waals surface area contributed by atoms with Gasteiger partial charge >= 0.3 is 5.97 Å². The van der Waals surface area contributed by atoms with Crippen LogP contribution in [0, 0.1) is 18.3 Å². The third kappa shape index (κ3) is 4.86. The van der Waals surface area contributed by atoms with Crippen LogP contribution in [-0.2, 0) is 16.1 Å². The number of hydrogen-bond acceptors (Lipinski definition) is 7. The summed E-state index contributed by atoms with van der Waals surface area (Å²) in [5.74, 6) is -1.39. The van der Waals surface area contributed by atoms with Gasteiger partial charge in [-0.2, -0.15) is 5.26 Å². The Morgan fingerprint density at radius 3 is 2.75 bits per heavy atom. The maximum Gasteiger partial charge on any atom is 0.325 e. The molecule has 2 rings (SSSR count). The summed E-state index contributed by atoms with van der Waals surface area (Å²) in [6.45, 7) is 1.05. The number of aromatic nitrogens is 1. The molecule has 0 aliphatic heterocycles. The molecule has 1 aromatic heterocycles. The minimum Gasteiger partial charge on any atom is -0.507 e. The summed E-state index contributed by atoms with van der Waals surface area (Å²) < 4.78 is 10.8. The molecule has 8 heteroatoms. The van der Waals surface area contributed by atoms with Crippen LogP contribution in [0.4, 0.5) is 0 Å². The van der Waals surface area contributed by atoms with Gasteiger partial charge in [-0.1, -0.05) is 18.2 Å². The third-order valence-electron chi connectivity index (χ3n) is 3.84. The van der Waals surface area contributed by atoms with E-state index >= 15 is 0 Å². The molecular formula is C20H18N2O6. The molecule has 2 aromatic rings. The number of nitriles is 1. The van der Waals surface area contributed by atoms with Gasteiger partial charge in [-0.3, -0.25) is 14.4 Å². The monoisotopic (exact) mass is 382 g/mol. The van der Waals surface area contributed by atoms with Crippen LogP contribution in [0.25, 0.3) is 6.08 Å². The Balaban J connectivity index is 2.33. The first-order valence-electron chi connectivity index (χ1n) is 8.19. The molecule has 0 saturated carbocycles. The van der Waals surface area contributed by atoms with Gasteiger partial charge in [-0.25, -0.2) is 0 Å². The largest absolute Gasteiger partial charge is 0.507 e. The van der Waals surface area contributed by atoms with Crippen molar-refractivity contribution in [3.05, 3.63) is 63.6 Å². The summed E-state index contributed by atoms with van der Waals surface area (Å²) in [6, 6.07) is 9.76. The average molecular weight is 382 g/mol. The van der Waals surface area contributed by atoms with Crippen molar-refractivity contribution in [3.8, 4) is 17.6 Å². The highest BCUT2D eigenvalue weighted by atomic mass is 16.5. The van der Waals surface area contributed by atoms with E-state index in [-0.39, 0.29) is 13.2 Å². The van der Waals surface area contributed by atoms with Crippen LogP contribution in [0.5, 0.6) is 11.5 Å². The maximum absolute atomic E-state index is 12.6. The van der Waals surface area contributed by atoms with Crippen molar-refractivity contribution in [3.63, 3.8) is 0 Å². The third-order valence-corrected chi connectivity index (χ3v) is 3.84. The second kappa shape index (κ2) is 9.19. The molecule has 0 aliphatic carbocycles. The number of ketones is 1. The molecule has 8 nitrogen and oxygen atoms in total. The van der Waals surface area contributed by atoms with E-state index in [1.54, 1.807) is 24.3 Å². The van der Waals surface area contributed by atoms with Crippen LogP contribution < -0.4 is 10.3 Å². The van der Waals surface area contributed by atoms with E-state index in [4.69, 9.17) is 10.00 Å². The minimum atomic E-state index is -0.788. The minimum absolute atomic E-state index is 0.108. The van der Waals surface area contributed by atoms with Gasteiger partial charge in [0, 0.05) is 11.8 Å². The molecule has 0 amide bonds. The number of methoxy groups -OCH3 is 1. The lowest BCUT2D eigenvalue weighted by molar-refractivity contribution is -0.141. The van der Waals surface area contributed by atoms with Crippen molar-refractivity contribution in [1.82, 2.24) is 4.57 Å². The standard InChI is InChI=1S/C20H18N2O6/c1-13-10-17(24)19(20(26)22(13)12-18(25)27-2)16(23)7-6-14-4-3-5-15(11-14)28-9-8-21/h3-7,10-11,24H,9,12H2,1-2H3/b7-6+. The van der Waals surface area contributed by atoms with E-state index in [9.17, 15) is 19.5 Å². The number of carbonyl (C=O) groups excluding carboxylic acids is 2. The Hall–Kier alpha value is -3.86. The Morgan fingerprint density at radius 1 is 1.32 bits per heavy atom. The summed E-state index contributed by atoms with van der Waals surface area (Å²) in [6.07, 6.45) is 2.59. The lowest BCUT2D eigenvalue weighted by Gasteiger charge is -2.11. The maximum atomic E-state index is 12.6. The zero-order valence-electron chi connectivity index (χ0n) is 15.3. The fourth-order valence-electron chi connectivity index (χ4n) is 2.45. The number of allylic oxidation sites excluding steroid dienone is 1. The molecule has 0 radical (unpaired) electrons. The van der Waals surface area contributed by atoms with Crippen LogP contribution in [0.3, 0.4) is 0 Å². The molecule has 0 aliphatic rings. The predicted molar refractivity (Wildman–Crippen MR) is 100 cm³/mol. The van der Waals surface area contributed by atoms with E-state index in [2.05, 4.69) is 4.74 Å². The molecule has 0 bridgehead atoms. The van der Waals surface area contributed by atoms with Crippen LogP contribution in [0.1, 0.15) is 21.6 Å². The van der Waals surface area contributed by atoms with Gasteiger partial charge in [0.05, 0.1) is 7.11 Å². The number of esters is 1. The highest BCUT2D eigenvalue weighted by molar-refractivity contribution is 6.08. The van der Waals surface area contributed by atoms with Gasteiger partial charge in [0.25, 0.3) is 5.56 Å². The summed E-state index contributed by atoms with van der Waals surface area (Å²) >= 11 is 0. The normalized spacial score (nSPS) is 10.5. The van der Waals surface area contributed by atoms with Crippen molar-refractivity contribution in [2.75, 3.05) is 13.7 Å². The van der Waals surface area contributed by atoms with Crippen LogP contribution in [0.2, 0.25) is 0 Å². The number of hydrogen-bond donors (Lipinski definition) is 1. The smallest absolute Gasteiger partial charge is 0.325 e. The Labute approximate surface area is 160 Å². The number of benzene rings is 1. The Morgan fingerprint density at radius 2 is 2.07 bits per heavy atom. The van der Waals surface area contributed by atoms with Gasteiger partial charge in [-0.15, -0.1) is 0 Å². The highest BCUT2D eigenvalue weighted by Gasteiger charge is 2.19. The summed E-state index contributed by atoms with van der Waals surface area (Å²) in [5.41, 5.74) is -0.313. The first-order valence-corrected chi connectivity index (χ1v) is 8.19. The van der Waals surface area contributed by atoms with Crippen molar-refractivity contribution < 1.29 is 24.2 Å². The number of nitrogens with zero attached hydrogens (tertiary/aromatic N) is 2. The van der Waals surface area contributed by atoms with Crippen molar-refractivity contribution in [1.29, 1.82) is 5.26 Å². The van der Waals surface area contributed by atoms with Crippen LogP contribution in [-0.4, -0.2) is 35.1 Å². The summed E-state index contributed by atoms with van der Waals surface area (Å²) in [7, 11) is 1.19. The molecule has 1 N–H and O–H groups in total. The van der Waals surface area contributed by atoms with Crippen molar-refractivity contribution >= 4 is 17.8 Å². The molecule has 0 unspecified atom stereocenters. The SMILES string of the molecule is COC(=O)Cn1c(C)cc(O)c(C(=O)/C=C/c2cccc(OCC#N)c2)c1=O. The lowest BCUT2D eigenvalue weighted by atomic mass is 10.1. The van der Waals surface area contributed by atoms with Crippen molar-refractivity contribution in [2.24, 2.45) is 0 Å². The van der Waals surface area contributed by atoms with Gasteiger partial charge in [0.2, 0.25) is 0 Å². The molecule has 28 heavy (non-hydrogen) atoms. The first-order chi connectivity index (χ1) is 13.4. The molecular weight excluding hydrogens is 364 g/mol. The zero-order chi connectivity index (χ0) is 20.7. The number of rotatable bonds is 7. The molecule has 0 atom stereocenters. The van der Waals surface area contributed by atoms with E-state index in [0.29, 0.717) is 17.0 Å². The molecule has 144 valence electrons. The molecule has 0 fully saturated rings.